The van der Waals surface area contributed by atoms with Gasteiger partial charge in [0.2, 0.25) is 0 Å². The molecule has 0 unspecified atom stereocenters. The number of hydrogen-bond acceptors (Lipinski definition) is 3. The standard InChI is InChI=1S/C15H19ClN4/c1-9(2)14-18-13(16)10(3)15(19-14)20-8-17-11-6-4-5-7-12(11)20/h8-9H,4-7H2,1-3H3. The van der Waals surface area contributed by atoms with Crippen molar-refractivity contribution in [3.8, 4) is 5.82 Å². The maximum atomic E-state index is 6.28. The summed E-state index contributed by atoms with van der Waals surface area (Å²) in [6.07, 6.45) is 6.45. The second-order valence-corrected chi connectivity index (χ2v) is 6.05. The van der Waals surface area contributed by atoms with Crippen molar-refractivity contribution in [2.45, 2.75) is 52.4 Å². The van der Waals surface area contributed by atoms with Gasteiger partial charge in [0, 0.05) is 17.2 Å². The van der Waals surface area contributed by atoms with Crippen LogP contribution < -0.4 is 0 Å². The average Bonchev–Trinajstić information content (AvgIpc) is 2.85. The van der Waals surface area contributed by atoms with Crippen LogP contribution in [-0.4, -0.2) is 19.5 Å². The minimum absolute atomic E-state index is 0.256. The number of imidazole rings is 1. The van der Waals surface area contributed by atoms with Gasteiger partial charge in [-0.2, -0.15) is 0 Å². The Kier molecular flexibility index (Phi) is 3.50. The molecule has 1 aliphatic carbocycles. The smallest absolute Gasteiger partial charge is 0.146 e. The first-order valence-corrected chi connectivity index (χ1v) is 7.55. The maximum absolute atomic E-state index is 6.28. The summed E-state index contributed by atoms with van der Waals surface area (Å²) >= 11 is 6.28. The molecule has 2 aromatic rings. The Bertz CT molecular complexity index is 646. The van der Waals surface area contributed by atoms with Gasteiger partial charge < -0.3 is 0 Å². The summed E-state index contributed by atoms with van der Waals surface area (Å²) in [6.45, 7) is 6.12. The first kappa shape index (κ1) is 13.6. The van der Waals surface area contributed by atoms with E-state index >= 15 is 0 Å². The second-order valence-electron chi connectivity index (χ2n) is 5.69. The predicted molar refractivity (Wildman–Crippen MR) is 79.6 cm³/mol. The number of halogens is 1. The number of fused-ring (bicyclic) bond motifs is 1. The Labute approximate surface area is 124 Å². The average molecular weight is 291 g/mol. The van der Waals surface area contributed by atoms with Gasteiger partial charge in [0.1, 0.15) is 23.1 Å². The van der Waals surface area contributed by atoms with Crippen LogP contribution in [0.4, 0.5) is 0 Å². The van der Waals surface area contributed by atoms with Crippen molar-refractivity contribution in [1.82, 2.24) is 19.5 Å². The van der Waals surface area contributed by atoms with Crippen molar-refractivity contribution in [3.05, 3.63) is 34.3 Å². The van der Waals surface area contributed by atoms with Crippen molar-refractivity contribution >= 4 is 11.6 Å². The van der Waals surface area contributed by atoms with Gasteiger partial charge in [0.15, 0.2) is 0 Å². The first-order valence-electron chi connectivity index (χ1n) is 7.17. The summed E-state index contributed by atoms with van der Waals surface area (Å²) < 4.78 is 2.10. The van der Waals surface area contributed by atoms with E-state index in [0.717, 1.165) is 30.0 Å². The quantitative estimate of drug-likeness (QED) is 0.793. The van der Waals surface area contributed by atoms with E-state index in [4.69, 9.17) is 16.6 Å². The van der Waals surface area contributed by atoms with E-state index in [1.165, 1.54) is 24.2 Å². The molecule has 4 nitrogen and oxygen atoms in total. The molecule has 2 aromatic heterocycles. The largest absolute Gasteiger partial charge is 0.287 e. The zero-order valence-electron chi connectivity index (χ0n) is 12.1. The van der Waals surface area contributed by atoms with Gasteiger partial charge in [-0.3, -0.25) is 4.57 Å². The molecular weight excluding hydrogens is 272 g/mol. The molecule has 0 aromatic carbocycles. The van der Waals surface area contributed by atoms with Crippen molar-refractivity contribution in [2.24, 2.45) is 0 Å². The maximum Gasteiger partial charge on any atom is 0.146 e. The molecule has 0 aliphatic heterocycles. The second kappa shape index (κ2) is 5.17. The summed E-state index contributed by atoms with van der Waals surface area (Å²) in [5.41, 5.74) is 3.40. The molecule has 0 saturated heterocycles. The lowest BCUT2D eigenvalue weighted by molar-refractivity contribution is 0.651. The van der Waals surface area contributed by atoms with E-state index in [1.807, 2.05) is 13.3 Å². The Balaban J connectivity index is 2.16. The van der Waals surface area contributed by atoms with E-state index in [1.54, 1.807) is 0 Å². The molecule has 0 saturated carbocycles. The van der Waals surface area contributed by atoms with E-state index in [9.17, 15) is 0 Å². The van der Waals surface area contributed by atoms with Crippen LogP contribution in [0.15, 0.2) is 6.33 Å². The number of aromatic nitrogens is 4. The van der Waals surface area contributed by atoms with Gasteiger partial charge in [-0.25, -0.2) is 15.0 Å². The molecule has 0 N–H and O–H groups in total. The van der Waals surface area contributed by atoms with Crippen LogP contribution in [0.1, 0.15) is 55.4 Å². The summed E-state index contributed by atoms with van der Waals surface area (Å²) in [5.74, 6) is 1.92. The van der Waals surface area contributed by atoms with Gasteiger partial charge in [0.05, 0.1) is 5.69 Å². The first-order chi connectivity index (χ1) is 9.58. The van der Waals surface area contributed by atoms with Gasteiger partial charge in [-0.15, -0.1) is 0 Å². The number of hydrogen-bond donors (Lipinski definition) is 0. The fourth-order valence-electron chi connectivity index (χ4n) is 2.64. The Morgan fingerprint density at radius 3 is 2.70 bits per heavy atom. The minimum Gasteiger partial charge on any atom is -0.287 e. The molecule has 0 atom stereocenters. The molecule has 106 valence electrons. The molecule has 0 radical (unpaired) electrons. The van der Waals surface area contributed by atoms with E-state index in [0.29, 0.717) is 5.15 Å². The molecule has 20 heavy (non-hydrogen) atoms. The highest BCUT2D eigenvalue weighted by molar-refractivity contribution is 6.30. The molecule has 0 amide bonds. The highest BCUT2D eigenvalue weighted by Crippen LogP contribution is 2.27. The molecule has 3 rings (SSSR count). The van der Waals surface area contributed by atoms with Crippen LogP contribution in [-0.2, 0) is 12.8 Å². The lowest BCUT2D eigenvalue weighted by Crippen LogP contribution is -2.12. The number of aryl methyl sites for hydroxylation is 1. The van der Waals surface area contributed by atoms with E-state index in [-0.39, 0.29) is 5.92 Å². The minimum atomic E-state index is 0.256. The van der Waals surface area contributed by atoms with E-state index in [2.05, 4.69) is 28.4 Å². The van der Waals surface area contributed by atoms with Crippen molar-refractivity contribution in [3.63, 3.8) is 0 Å². The fraction of sp³-hybridized carbons (Fsp3) is 0.533. The lowest BCUT2D eigenvalue weighted by atomic mass is 10.0. The number of nitrogens with zero attached hydrogens (tertiary/aromatic N) is 4. The zero-order chi connectivity index (χ0) is 14.3. The summed E-state index contributed by atoms with van der Waals surface area (Å²) in [7, 11) is 0. The lowest BCUT2D eigenvalue weighted by Gasteiger charge is -2.16. The van der Waals surface area contributed by atoms with Gasteiger partial charge in [0.25, 0.3) is 0 Å². The molecular formula is C15H19ClN4. The van der Waals surface area contributed by atoms with Crippen molar-refractivity contribution in [2.75, 3.05) is 0 Å². The van der Waals surface area contributed by atoms with Gasteiger partial charge in [-0.1, -0.05) is 25.4 Å². The van der Waals surface area contributed by atoms with Crippen LogP contribution in [0.3, 0.4) is 0 Å². The third-order valence-electron chi connectivity index (χ3n) is 3.85. The monoisotopic (exact) mass is 290 g/mol. The molecule has 2 heterocycles. The summed E-state index contributed by atoms with van der Waals surface area (Å²) in [6, 6.07) is 0. The fourth-order valence-corrected chi connectivity index (χ4v) is 2.81. The highest BCUT2D eigenvalue weighted by Gasteiger charge is 2.20. The van der Waals surface area contributed by atoms with Crippen LogP contribution in [0, 0.1) is 6.92 Å². The molecule has 5 heteroatoms. The third kappa shape index (κ3) is 2.22. The van der Waals surface area contributed by atoms with Gasteiger partial charge in [-0.05, 0) is 32.6 Å². The SMILES string of the molecule is Cc1c(Cl)nc(C(C)C)nc1-n1cnc2c1CCCC2. The van der Waals surface area contributed by atoms with Crippen LogP contribution in [0.2, 0.25) is 5.15 Å². The predicted octanol–water partition coefficient (Wildman–Crippen LogP) is 3.63. The third-order valence-corrected chi connectivity index (χ3v) is 4.22. The molecule has 1 aliphatic rings. The van der Waals surface area contributed by atoms with Crippen molar-refractivity contribution in [1.29, 1.82) is 0 Å². The Hall–Kier alpha value is -1.42. The molecule has 0 spiro atoms. The Morgan fingerprint density at radius 1 is 1.20 bits per heavy atom. The van der Waals surface area contributed by atoms with Crippen LogP contribution in [0.5, 0.6) is 0 Å². The van der Waals surface area contributed by atoms with E-state index < -0.39 is 0 Å². The molecule has 0 bridgehead atoms. The Morgan fingerprint density at radius 2 is 1.95 bits per heavy atom. The normalized spacial score (nSPS) is 14.7. The van der Waals surface area contributed by atoms with Crippen molar-refractivity contribution < 1.29 is 0 Å². The number of rotatable bonds is 2. The highest BCUT2D eigenvalue weighted by atomic mass is 35.5. The van der Waals surface area contributed by atoms with Crippen LogP contribution in [0.25, 0.3) is 5.82 Å². The van der Waals surface area contributed by atoms with Crippen LogP contribution >= 0.6 is 11.6 Å². The zero-order valence-corrected chi connectivity index (χ0v) is 12.9. The van der Waals surface area contributed by atoms with Gasteiger partial charge >= 0.3 is 0 Å². The summed E-state index contributed by atoms with van der Waals surface area (Å²) in [5, 5.41) is 0.539. The molecule has 0 fully saturated rings. The topological polar surface area (TPSA) is 43.6 Å². The summed E-state index contributed by atoms with van der Waals surface area (Å²) in [4.78, 5) is 13.6.